The Morgan fingerprint density at radius 3 is 2.45 bits per heavy atom. The quantitative estimate of drug-likeness (QED) is 0.721. The van der Waals surface area contributed by atoms with E-state index in [1.54, 1.807) is 0 Å². The van der Waals surface area contributed by atoms with Gasteiger partial charge in [-0.3, -0.25) is 9.79 Å². The monoisotopic (exact) mass is 451 g/mol. The van der Waals surface area contributed by atoms with E-state index in [4.69, 9.17) is 5.73 Å². The molecule has 6 nitrogen and oxygen atoms in total. The van der Waals surface area contributed by atoms with Crippen LogP contribution in [0.5, 0.6) is 0 Å². The normalized spacial score (nSPS) is 23.8. The second-order valence-electron chi connectivity index (χ2n) is 8.28. The Balaban J connectivity index is 1.69. The highest BCUT2D eigenvalue weighted by Gasteiger charge is 2.58. The Hall–Kier alpha value is -2.75. The maximum absolute atomic E-state index is 14.7. The van der Waals surface area contributed by atoms with Crippen LogP contribution in [-0.2, 0) is 21.8 Å². The molecule has 2 aliphatic rings. The van der Waals surface area contributed by atoms with Gasteiger partial charge < -0.3 is 5.73 Å². The topological polar surface area (TPSA) is 102 Å². The molecule has 1 aromatic heterocycles. The molecule has 0 radical (unpaired) electrons. The van der Waals surface area contributed by atoms with Gasteiger partial charge in [-0.15, -0.1) is 0 Å². The Bertz CT molecular complexity index is 1230. The third-order valence-electron chi connectivity index (χ3n) is 6.11. The second kappa shape index (κ2) is 7.15. The fourth-order valence-corrected chi connectivity index (χ4v) is 6.77. The first-order valence-corrected chi connectivity index (χ1v) is 11.3. The maximum atomic E-state index is 14.7. The summed E-state index contributed by atoms with van der Waals surface area (Å²) in [6.07, 6.45) is 1.91. The van der Waals surface area contributed by atoms with Crippen LogP contribution in [0.4, 0.5) is 13.2 Å². The number of aliphatic imine (C=N–C) groups is 1. The molecule has 1 aromatic carbocycles. The summed E-state index contributed by atoms with van der Waals surface area (Å²) in [5.41, 5.74) is 4.34. The summed E-state index contributed by atoms with van der Waals surface area (Å²) in [4.78, 5) is 20.3. The van der Waals surface area contributed by atoms with Gasteiger partial charge in [-0.25, -0.2) is 26.6 Å². The van der Waals surface area contributed by atoms with Crippen LogP contribution in [0.15, 0.2) is 35.5 Å². The lowest BCUT2D eigenvalue weighted by atomic mass is 9.82. The Morgan fingerprint density at radius 2 is 1.87 bits per heavy atom. The molecule has 0 unspecified atom stereocenters. The van der Waals surface area contributed by atoms with Crippen molar-refractivity contribution in [3.05, 3.63) is 64.7 Å². The number of nitrogens with two attached hydrogens (primary N) is 1. The fourth-order valence-electron chi connectivity index (χ4n) is 4.25. The van der Waals surface area contributed by atoms with Crippen molar-refractivity contribution in [3.63, 3.8) is 0 Å². The molecule has 1 atom stereocenters. The molecule has 1 saturated carbocycles. The molecule has 10 heteroatoms. The Morgan fingerprint density at radius 1 is 1.16 bits per heavy atom. The number of hydrogen-bond donors (Lipinski definition) is 1. The minimum atomic E-state index is -3.68. The number of pyridine rings is 1. The number of nitrogens with zero attached hydrogens (tertiary/aromatic N) is 2. The van der Waals surface area contributed by atoms with Crippen LogP contribution in [-0.4, -0.2) is 35.5 Å². The van der Waals surface area contributed by atoms with Gasteiger partial charge in [0.2, 0.25) is 0 Å². The first kappa shape index (κ1) is 21.5. The number of halogens is 3. The SMILES string of the molecule is C[C@@]1(c2cc(CC(=O)c3ncc(F)cc3F)ccc2F)CS(=O)(=O)C2(CCC2)C(N)=N1. The average Bonchev–Trinajstić information content (AvgIpc) is 2.60. The summed E-state index contributed by atoms with van der Waals surface area (Å²) in [6, 6.07) is 4.32. The van der Waals surface area contributed by atoms with E-state index in [-0.39, 0.29) is 17.8 Å². The smallest absolute Gasteiger partial charge is 0.188 e. The molecule has 1 spiro atoms. The lowest BCUT2D eigenvalue weighted by Gasteiger charge is -2.46. The van der Waals surface area contributed by atoms with Crippen molar-refractivity contribution < 1.29 is 26.4 Å². The van der Waals surface area contributed by atoms with Gasteiger partial charge in [0.15, 0.2) is 21.4 Å². The maximum Gasteiger partial charge on any atom is 0.188 e. The van der Waals surface area contributed by atoms with E-state index >= 15 is 0 Å². The third-order valence-corrected chi connectivity index (χ3v) is 8.86. The van der Waals surface area contributed by atoms with Gasteiger partial charge in [0, 0.05) is 18.1 Å². The minimum absolute atomic E-state index is 0.0222. The van der Waals surface area contributed by atoms with E-state index in [0.717, 1.165) is 18.7 Å². The van der Waals surface area contributed by atoms with E-state index in [0.29, 0.717) is 24.5 Å². The molecule has 1 aliphatic heterocycles. The van der Waals surface area contributed by atoms with Gasteiger partial charge in [0.1, 0.15) is 33.4 Å². The van der Waals surface area contributed by atoms with Crippen LogP contribution >= 0.6 is 0 Å². The van der Waals surface area contributed by atoms with E-state index in [9.17, 15) is 26.4 Å². The summed E-state index contributed by atoms with van der Waals surface area (Å²) in [5.74, 6) is -3.87. The largest absolute Gasteiger partial charge is 0.386 e. The van der Waals surface area contributed by atoms with Gasteiger partial charge in [0.25, 0.3) is 0 Å². The minimum Gasteiger partial charge on any atom is -0.386 e. The Labute approximate surface area is 177 Å². The van der Waals surface area contributed by atoms with Crippen molar-refractivity contribution in [1.29, 1.82) is 0 Å². The summed E-state index contributed by atoms with van der Waals surface area (Å²) in [6.45, 7) is 1.48. The second-order valence-corrected chi connectivity index (χ2v) is 10.6. The number of hydrogen-bond acceptors (Lipinski definition) is 6. The van der Waals surface area contributed by atoms with E-state index in [2.05, 4.69) is 9.98 Å². The number of Topliss-reactive ketones (excluding diaryl/α,β-unsaturated/α-hetero) is 1. The first-order valence-electron chi connectivity index (χ1n) is 9.69. The van der Waals surface area contributed by atoms with Crippen LogP contribution in [0, 0.1) is 17.5 Å². The molecule has 0 amide bonds. The third kappa shape index (κ3) is 3.42. The van der Waals surface area contributed by atoms with Crippen LogP contribution in [0.1, 0.15) is 47.8 Å². The fraction of sp³-hybridized carbons (Fsp3) is 0.381. The zero-order valence-electron chi connectivity index (χ0n) is 16.7. The summed E-state index contributed by atoms with van der Waals surface area (Å²) < 4.78 is 66.4. The number of carbonyl (C=O) groups is 1. The van der Waals surface area contributed by atoms with E-state index in [1.165, 1.54) is 19.1 Å². The predicted molar refractivity (Wildman–Crippen MR) is 108 cm³/mol. The molecule has 0 saturated heterocycles. The number of amidine groups is 1. The molecular formula is C21H20F3N3O3S. The van der Waals surface area contributed by atoms with Gasteiger partial charge in [-0.05, 0) is 43.9 Å². The zero-order chi connectivity index (χ0) is 22.6. The number of benzene rings is 1. The van der Waals surface area contributed by atoms with Crippen molar-refractivity contribution in [2.24, 2.45) is 10.7 Å². The highest BCUT2D eigenvalue weighted by molar-refractivity contribution is 7.93. The molecule has 0 bridgehead atoms. The first-order chi connectivity index (χ1) is 14.5. The van der Waals surface area contributed by atoms with Crippen LogP contribution in [0.25, 0.3) is 0 Å². The number of aromatic nitrogens is 1. The molecular weight excluding hydrogens is 431 g/mol. The van der Waals surface area contributed by atoms with Crippen LogP contribution in [0.2, 0.25) is 0 Å². The molecule has 2 N–H and O–H groups in total. The highest BCUT2D eigenvalue weighted by atomic mass is 32.2. The van der Waals surface area contributed by atoms with Crippen molar-refractivity contribution in [2.75, 3.05) is 5.75 Å². The average molecular weight is 451 g/mol. The summed E-state index contributed by atoms with van der Waals surface area (Å²) in [7, 11) is -3.68. The summed E-state index contributed by atoms with van der Waals surface area (Å²) >= 11 is 0. The van der Waals surface area contributed by atoms with E-state index in [1.807, 2.05) is 0 Å². The highest BCUT2D eigenvalue weighted by Crippen LogP contribution is 2.47. The zero-order valence-corrected chi connectivity index (χ0v) is 17.5. The number of rotatable bonds is 4. The number of carbonyl (C=O) groups excluding carboxylic acids is 1. The van der Waals surface area contributed by atoms with E-state index < -0.39 is 54.8 Å². The van der Waals surface area contributed by atoms with Crippen LogP contribution in [0.3, 0.4) is 0 Å². The van der Waals surface area contributed by atoms with Crippen LogP contribution < -0.4 is 5.73 Å². The van der Waals surface area contributed by atoms with Gasteiger partial charge in [0.05, 0.1) is 11.9 Å². The molecule has 4 rings (SSSR count). The molecule has 31 heavy (non-hydrogen) atoms. The standard InChI is InChI=1S/C21H20F3N3O3S/c1-20(11-31(29,30)21(5-2-6-21)19(25)27-20)14-7-12(3-4-15(14)23)8-17(28)18-16(24)9-13(22)10-26-18/h3-4,7,9-10H,2,5-6,8,11H2,1H3,(H2,25,27)/t20-/m0/s1. The molecule has 2 heterocycles. The van der Waals surface area contributed by atoms with Gasteiger partial charge in [-0.2, -0.15) is 0 Å². The van der Waals surface area contributed by atoms with Crippen molar-refractivity contribution in [1.82, 2.24) is 4.98 Å². The summed E-state index contributed by atoms with van der Waals surface area (Å²) in [5, 5.41) is 0. The van der Waals surface area contributed by atoms with Crippen molar-refractivity contribution in [3.8, 4) is 0 Å². The van der Waals surface area contributed by atoms with Crippen molar-refractivity contribution in [2.45, 2.75) is 42.9 Å². The lowest BCUT2D eigenvalue weighted by Crippen LogP contribution is -2.61. The van der Waals surface area contributed by atoms with Crippen molar-refractivity contribution >= 4 is 21.5 Å². The molecule has 164 valence electrons. The predicted octanol–water partition coefficient (Wildman–Crippen LogP) is 2.85. The van der Waals surface area contributed by atoms with Gasteiger partial charge >= 0.3 is 0 Å². The number of sulfone groups is 1. The molecule has 2 aromatic rings. The van der Waals surface area contributed by atoms with Gasteiger partial charge in [-0.1, -0.05) is 6.07 Å². The number of ketones is 1. The lowest BCUT2D eigenvalue weighted by molar-refractivity contribution is 0.0983. The Kier molecular flexibility index (Phi) is 4.95. The molecule has 1 aliphatic carbocycles. The molecule has 1 fully saturated rings.